The van der Waals surface area contributed by atoms with E-state index < -0.39 is 23.8 Å². The number of carbonyl (C=O) groups is 3. The van der Waals surface area contributed by atoms with E-state index in [4.69, 9.17) is 5.73 Å². The van der Waals surface area contributed by atoms with Crippen molar-refractivity contribution in [2.75, 3.05) is 7.11 Å². The van der Waals surface area contributed by atoms with Gasteiger partial charge in [-0.1, -0.05) is 13.0 Å². The van der Waals surface area contributed by atoms with Gasteiger partial charge in [-0.3, -0.25) is 9.59 Å². The Balaban J connectivity index is 2.88. The molecular formula is C13H16N2O4. The average Bonchev–Trinajstić information content (AvgIpc) is 2.43. The number of ether oxygens (including phenoxy) is 1. The molecule has 0 bridgehead atoms. The van der Waals surface area contributed by atoms with Gasteiger partial charge in [-0.2, -0.15) is 0 Å². The Morgan fingerprint density at radius 2 is 1.95 bits per heavy atom. The Labute approximate surface area is 110 Å². The molecule has 19 heavy (non-hydrogen) atoms. The third-order valence-corrected chi connectivity index (χ3v) is 2.60. The number of amides is 2. The van der Waals surface area contributed by atoms with Crippen molar-refractivity contribution in [3.05, 3.63) is 35.4 Å². The fourth-order valence-electron chi connectivity index (χ4n) is 1.52. The van der Waals surface area contributed by atoms with Crippen molar-refractivity contribution in [3.8, 4) is 0 Å². The minimum Gasteiger partial charge on any atom is -0.465 e. The van der Waals surface area contributed by atoms with Crippen molar-refractivity contribution in [2.24, 2.45) is 5.73 Å². The number of methoxy groups -OCH3 is 1. The van der Waals surface area contributed by atoms with Crippen molar-refractivity contribution in [2.45, 2.75) is 19.4 Å². The van der Waals surface area contributed by atoms with Gasteiger partial charge in [-0.05, 0) is 24.6 Å². The molecule has 1 aromatic carbocycles. The van der Waals surface area contributed by atoms with E-state index in [2.05, 4.69) is 10.1 Å². The number of benzene rings is 1. The highest BCUT2D eigenvalue weighted by Crippen LogP contribution is 2.07. The lowest BCUT2D eigenvalue weighted by Crippen LogP contribution is -2.43. The standard InChI is InChI=1S/C13H16N2O4/c1-3-10(11(14)16)15-12(17)8-5-4-6-9(7-8)13(18)19-2/h4-7,10H,3H2,1-2H3,(H2,14,16)(H,15,17)/t10-/m0/s1. The van der Waals surface area contributed by atoms with Gasteiger partial charge in [0, 0.05) is 5.56 Å². The molecule has 6 heteroatoms. The van der Waals surface area contributed by atoms with Gasteiger partial charge in [0.1, 0.15) is 6.04 Å². The second-order valence-corrected chi connectivity index (χ2v) is 3.91. The van der Waals surface area contributed by atoms with Crippen LogP contribution in [0.3, 0.4) is 0 Å². The monoisotopic (exact) mass is 264 g/mol. The third-order valence-electron chi connectivity index (χ3n) is 2.60. The van der Waals surface area contributed by atoms with Crippen molar-refractivity contribution in [3.63, 3.8) is 0 Å². The molecule has 0 spiro atoms. The first-order valence-corrected chi connectivity index (χ1v) is 5.78. The second kappa shape index (κ2) is 6.53. The minimum atomic E-state index is -0.728. The summed E-state index contributed by atoms with van der Waals surface area (Å²) in [4.78, 5) is 34.3. The number of carbonyl (C=O) groups excluding carboxylic acids is 3. The van der Waals surface area contributed by atoms with Gasteiger partial charge < -0.3 is 15.8 Å². The summed E-state index contributed by atoms with van der Waals surface area (Å²) in [5.41, 5.74) is 5.68. The molecule has 0 unspecified atom stereocenters. The maximum atomic E-state index is 11.9. The first kappa shape index (κ1) is 14.7. The Morgan fingerprint density at radius 1 is 1.32 bits per heavy atom. The lowest BCUT2D eigenvalue weighted by molar-refractivity contribution is -0.119. The fourth-order valence-corrected chi connectivity index (χ4v) is 1.52. The number of esters is 1. The zero-order valence-corrected chi connectivity index (χ0v) is 10.8. The van der Waals surface area contributed by atoms with E-state index in [1.165, 1.54) is 25.3 Å². The third kappa shape index (κ3) is 3.80. The number of hydrogen-bond acceptors (Lipinski definition) is 4. The van der Waals surface area contributed by atoms with Crippen LogP contribution in [0.1, 0.15) is 34.1 Å². The summed E-state index contributed by atoms with van der Waals surface area (Å²) in [7, 11) is 1.26. The van der Waals surface area contributed by atoms with Crippen LogP contribution in [0.25, 0.3) is 0 Å². The Kier molecular flexibility index (Phi) is 5.05. The van der Waals surface area contributed by atoms with E-state index in [0.29, 0.717) is 6.42 Å². The summed E-state index contributed by atoms with van der Waals surface area (Å²) in [5.74, 6) is -1.59. The molecule has 0 fully saturated rings. The lowest BCUT2D eigenvalue weighted by Gasteiger charge is -2.13. The molecule has 0 saturated heterocycles. The summed E-state index contributed by atoms with van der Waals surface area (Å²) in [6.07, 6.45) is 0.401. The predicted molar refractivity (Wildman–Crippen MR) is 68.5 cm³/mol. The van der Waals surface area contributed by atoms with Gasteiger partial charge >= 0.3 is 5.97 Å². The van der Waals surface area contributed by atoms with E-state index >= 15 is 0 Å². The first-order chi connectivity index (χ1) is 8.99. The molecule has 2 amide bonds. The number of hydrogen-bond donors (Lipinski definition) is 2. The maximum Gasteiger partial charge on any atom is 0.337 e. The van der Waals surface area contributed by atoms with E-state index in [1.54, 1.807) is 13.0 Å². The topological polar surface area (TPSA) is 98.5 Å². The van der Waals surface area contributed by atoms with Crippen LogP contribution in [0.5, 0.6) is 0 Å². The summed E-state index contributed by atoms with van der Waals surface area (Å²) in [6.45, 7) is 1.74. The molecule has 0 aliphatic heterocycles. The molecule has 1 rings (SSSR count). The lowest BCUT2D eigenvalue weighted by atomic mass is 10.1. The van der Waals surface area contributed by atoms with Crippen LogP contribution < -0.4 is 11.1 Å². The van der Waals surface area contributed by atoms with Crippen LogP contribution in [-0.4, -0.2) is 30.9 Å². The fraction of sp³-hybridized carbons (Fsp3) is 0.308. The highest BCUT2D eigenvalue weighted by molar-refractivity contribution is 5.99. The van der Waals surface area contributed by atoms with Gasteiger partial charge in [0.2, 0.25) is 5.91 Å². The van der Waals surface area contributed by atoms with Crippen molar-refractivity contribution >= 4 is 17.8 Å². The Bertz CT molecular complexity index is 499. The smallest absolute Gasteiger partial charge is 0.337 e. The molecule has 0 saturated carbocycles. The zero-order chi connectivity index (χ0) is 14.4. The number of primary amides is 1. The van der Waals surface area contributed by atoms with Crippen LogP contribution in [0.4, 0.5) is 0 Å². The maximum absolute atomic E-state index is 11.9. The normalized spacial score (nSPS) is 11.5. The largest absolute Gasteiger partial charge is 0.465 e. The summed E-state index contributed by atoms with van der Waals surface area (Å²) in [6, 6.07) is 5.30. The van der Waals surface area contributed by atoms with Gasteiger partial charge in [0.15, 0.2) is 0 Å². The molecule has 0 aromatic heterocycles. The molecule has 1 atom stereocenters. The van der Waals surface area contributed by atoms with E-state index in [-0.39, 0.29) is 11.1 Å². The van der Waals surface area contributed by atoms with Crippen LogP contribution >= 0.6 is 0 Å². The van der Waals surface area contributed by atoms with Gasteiger partial charge in [-0.15, -0.1) is 0 Å². The molecule has 1 aromatic rings. The van der Waals surface area contributed by atoms with Gasteiger partial charge in [0.25, 0.3) is 5.91 Å². The highest BCUT2D eigenvalue weighted by Gasteiger charge is 2.17. The molecule has 3 N–H and O–H groups in total. The van der Waals surface area contributed by atoms with Crippen LogP contribution in [-0.2, 0) is 9.53 Å². The predicted octanol–water partition coefficient (Wildman–Crippen LogP) is 0.467. The zero-order valence-electron chi connectivity index (χ0n) is 10.8. The molecule has 0 radical (unpaired) electrons. The minimum absolute atomic E-state index is 0.266. The Morgan fingerprint density at radius 3 is 2.47 bits per heavy atom. The summed E-state index contributed by atoms with van der Waals surface area (Å²) in [5, 5.41) is 2.50. The van der Waals surface area contributed by atoms with Crippen LogP contribution in [0.15, 0.2) is 24.3 Å². The molecular weight excluding hydrogens is 248 g/mol. The number of rotatable bonds is 5. The van der Waals surface area contributed by atoms with Gasteiger partial charge in [0.05, 0.1) is 12.7 Å². The van der Waals surface area contributed by atoms with Crippen molar-refractivity contribution < 1.29 is 19.1 Å². The van der Waals surface area contributed by atoms with E-state index in [9.17, 15) is 14.4 Å². The second-order valence-electron chi connectivity index (χ2n) is 3.91. The molecule has 0 aliphatic carbocycles. The molecule has 0 aliphatic rings. The van der Waals surface area contributed by atoms with Crippen molar-refractivity contribution in [1.29, 1.82) is 0 Å². The van der Waals surface area contributed by atoms with Crippen LogP contribution in [0.2, 0.25) is 0 Å². The molecule has 0 heterocycles. The first-order valence-electron chi connectivity index (χ1n) is 5.78. The van der Waals surface area contributed by atoms with E-state index in [0.717, 1.165) is 0 Å². The average molecular weight is 264 g/mol. The number of nitrogens with one attached hydrogen (secondary N) is 1. The quantitative estimate of drug-likeness (QED) is 0.755. The summed E-state index contributed by atoms with van der Waals surface area (Å²) >= 11 is 0. The van der Waals surface area contributed by atoms with E-state index in [1.807, 2.05) is 0 Å². The summed E-state index contributed by atoms with van der Waals surface area (Å²) < 4.78 is 4.57. The number of nitrogens with two attached hydrogens (primary N) is 1. The van der Waals surface area contributed by atoms with Crippen molar-refractivity contribution in [1.82, 2.24) is 5.32 Å². The molecule has 6 nitrogen and oxygen atoms in total. The van der Waals surface area contributed by atoms with Crippen LogP contribution in [0, 0.1) is 0 Å². The Hall–Kier alpha value is -2.37. The SMILES string of the molecule is CC[C@H](NC(=O)c1cccc(C(=O)OC)c1)C(N)=O. The molecule has 102 valence electrons. The highest BCUT2D eigenvalue weighted by atomic mass is 16.5. The van der Waals surface area contributed by atoms with Gasteiger partial charge in [-0.25, -0.2) is 4.79 Å².